The van der Waals surface area contributed by atoms with Gasteiger partial charge in [-0.25, -0.2) is 4.79 Å². The van der Waals surface area contributed by atoms with Crippen LogP contribution in [-0.2, 0) is 30.7 Å². The Morgan fingerprint density at radius 3 is 1.52 bits per heavy atom. The molecule has 2 N–H and O–H groups in total. The SMILES string of the molecule is CC(C)(C)OC(=O)NC(Cc1ccccc1)CC(O)C(Cc1ccccc1)N(Cc1ccccc1)Cc1ccccc1. The zero-order valence-electron chi connectivity index (χ0n) is 25.0. The van der Waals surface area contributed by atoms with Crippen LogP contribution in [-0.4, -0.2) is 39.9 Å². The predicted octanol–water partition coefficient (Wildman–Crippen LogP) is 7.19. The Morgan fingerprint density at radius 1 is 0.690 bits per heavy atom. The number of carbonyl (C=O) groups is 1. The van der Waals surface area contributed by atoms with Crippen molar-refractivity contribution < 1.29 is 14.6 Å². The van der Waals surface area contributed by atoms with Crippen molar-refractivity contribution >= 4 is 6.09 Å². The van der Waals surface area contributed by atoms with Crippen LogP contribution >= 0.6 is 0 Å². The normalized spacial score (nSPS) is 13.7. The molecule has 0 bridgehead atoms. The summed E-state index contributed by atoms with van der Waals surface area (Å²) in [7, 11) is 0. The first-order valence-electron chi connectivity index (χ1n) is 14.8. The Morgan fingerprint density at radius 2 is 1.10 bits per heavy atom. The molecule has 4 aromatic carbocycles. The maximum atomic E-state index is 12.9. The molecule has 3 atom stereocenters. The predicted molar refractivity (Wildman–Crippen MR) is 170 cm³/mol. The minimum Gasteiger partial charge on any atom is -0.444 e. The van der Waals surface area contributed by atoms with Crippen LogP contribution in [0.2, 0.25) is 0 Å². The minimum atomic E-state index is -0.721. The number of amides is 1. The summed E-state index contributed by atoms with van der Waals surface area (Å²) >= 11 is 0. The Hall–Kier alpha value is -3.93. The first-order valence-corrected chi connectivity index (χ1v) is 14.8. The second-order valence-corrected chi connectivity index (χ2v) is 12.0. The number of aliphatic hydroxyl groups is 1. The number of benzene rings is 4. The number of hydrogen-bond acceptors (Lipinski definition) is 4. The van der Waals surface area contributed by atoms with Crippen LogP contribution in [0.3, 0.4) is 0 Å². The lowest BCUT2D eigenvalue weighted by Crippen LogP contribution is -2.49. The van der Waals surface area contributed by atoms with Gasteiger partial charge >= 0.3 is 6.09 Å². The first kappa shape index (κ1) is 31.0. The van der Waals surface area contributed by atoms with Crippen LogP contribution in [0, 0.1) is 0 Å². The molecule has 0 spiro atoms. The minimum absolute atomic E-state index is 0.202. The molecule has 5 nitrogen and oxygen atoms in total. The van der Waals surface area contributed by atoms with Crippen molar-refractivity contribution in [3.05, 3.63) is 144 Å². The van der Waals surface area contributed by atoms with Gasteiger partial charge in [-0.2, -0.15) is 0 Å². The summed E-state index contributed by atoms with van der Waals surface area (Å²) in [4.78, 5) is 15.3. The average Bonchev–Trinajstić information content (AvgIpc) is 2.96. The van der Waals surface area contributed by atoms with Gasteiger partial charge in [0.05, 0.1) is 6.10 Å². The largest absolute Gasteiger partial charge is 0.444 e. The lowest BCUT2D eigenvalue weighted by atomic mass is 9.92. The molecule has 0 aliphatic carbocycles. The van der Waals surface area contributed by atoms with Gasteiger partial charge in [-0.1, -0.05) is 121 Å². The summed E-state index contributed by atoms with van der Waals surface area (Å²) in [6.45, 7) is 6.94. The highest BCUT2D eigenvalue weighted by Gasteiger charge is 2.30. The van der Waals surface area contributed by atoms with E-state index in [1.807, 2.05) is 69.3 Å². The maximum absolute atomic E-state index is 12.9. The van der Waals surface area contributed by atoms with Crippen molar-refractivity contribution in [3.8, 4) is 0 Å². The van der Waals surface area contributed by atoms with Gasteiger partial charge in [0.25, 0.3) is 0 Å². The molecule has 3 unspecified atom stereocenters. The Bertz CT molecular complexity index is 1280. The molecule has 0 aliphatic heterocycles. The molecule has 0 saturated carbocycles. The van der Waals surface area contributed by atoms with Crippen molar-refractivity contribution in [2.45, 2.75) is 76.9 Å². The van der Waals surface area contributed by atoms with Crippen molar-refractivity contribution in [1.82, 2.24) is 10.2 Å². The van der Waals surface area contributed by atoms with E-state index in [2.05, 4.69) is 83.0 Å². The fourth-order valence-corrected chi connectivity index (χ4v) is 5.31. The molecule has 0 aromatic heterocycles. The van der Waals surface area contributed by atoms with Crippen LogP contribution in [0.4, 0.5) is 4.79 Å². The third-order valence-electron chi connectivity index (χ3n) is 7.23. The van der Waals surface area contributed by atoms with E-state index in [0.29, 0.717) is 32.4 Å². The van der Waals surface area contributed by atoms with E-state index < -0.39 is 17.8 Å². The monoisotopic (exact) mass is 564 g/mol. The van der Waals surface area contributed by atoms with E-state index in [-0.39, 0.29) is 12.1 Å². The molecule has 0 radical (unpaired) electrons. The van der Waals surface area contributed by atoms with E-state index in [0.717, 1.165) is 11.1 Å². The van der Waals surface area contributed by atoms with Gasteiger partial charge in [0.1, 0.15) is 5.60 Å². The third-order valence-corrected chi connectivity index (χ3v) is 7.23. The highest BCUT2D eigenvalue weighted by molar-refractivity contribution is 5.68. The Kier molecular flexibility index (Phi) is 11.3. The molecular weight excluding hydrogens is 520 g/mol. The van der Waals surface area contributed by atoms with Gasteiger partial charge in [0.2, 0.25) is 0 Å². The number of ether oxygens (including phenoxy) is 1. The second-order valence-electron chi connectivity index (χ2n) is 12.0. The fourth-order valence-electron chi connectivity index (χ4n) is 5.31. The number of carbonyl (C=O) groups excluding carboxylic acids is 1. The molecule has 0 fully saturated rings. The summed E-state index contributed by atoms with van der Waals surface area (Å²) < 4.78 is 5.61. The van der Waals surface area contributed by atoms with E-state index in [1.54, 1.807) is 0 Å². The molecule has 0 heterocycles. The quantitative estimate of drug-likeness (QED) is 0.180. The maximum Gasteiger partial charge on any atom is 0.407 e. The molecule has 4 rings (SSSR count). The highest BCUT2D eigenvalue weighted by Crippen LogP contribution is 2.23. The first-order chi connectivity index (χ1) is 20.2. The molecular formula is C37H44N2O3. The number of rotatable bonds is 13. The molecule has 5 heteroatoms. The Labute approximate surface area is 251 Å². The van der Waals surface area contributed by atoms with E-state index in [9.17, 15) is 9.90 Å². The summed E-state index contributed by atoms with van der Waals surface area (Å²) in [5, 5.41) is 15.1. The summed E-state index contributed by atoms with van der Waals surface area (Å²) in [6, 6.07) is 40.7. The molecule has 42 heavy (non-hydrogen) atoms. The number of nitrogens with one attached hydrogen (secondary N) is 1. The zero-order valence-corrected chi connectivity index (χ0v) is 25.0. The van der Waals surface area contributed by atoms with Crippen LogP contribution in [0.1, 0.15) is 49.4 Å². The standard InChI is InChI=1S/C37H44N2O3/c1-37(2,3)42-36(41)38-33(24-29-16-8-4-9-17-29)26-35(40)34(25-30-18-10-5-11-19-30)39(27-31-20-12-6-13-21-31)28-32-22-14-7-15-23-32/h4-23,33-35,40H,24-28H2,1-3H3,(H,38,41). The van der Waals surface area contributed by atoms with Crippen molar-refractivity contribution in [2.24, 2.45) is 0 Å². The van der Waals surface area contributed by atoms with Gasteiger partial charge < -0.3 is 15.2 Å². The van der Waals surface area contributed by atoms with Crippen molar-refractivity contribution in [3.63, 3.8) is 0 Å². The van der Waals surface area contributed by atoms with E-state index in [1.165, 1.54) is 11.1 Å². The van der Waals surface area contributed by atoms with Gasteiger partial charge in [-0.3, -0.25) is 4.90 Å². The molecule has 4 aromatic rings. The van der Waals surface area contributed by atoms with Gasteiger partial charge in [0.15, 0.2) is 0 Å². The number of hydrogen-bond donors (Lipinski definition) is 2. The van der Waals surface area contributed by atoms with Gasteiger partial charge in [-0.05, 0) is 62.3 Å². The Balaban J connectivity index is 1.64. The average molecular weight is 565 g/mol. The summed E-state index contributed by atoms with van der Waals surface area (Å²) in [5.74, 6) is 0. The van der Waals surface area contributed by atoms with Crippen LogP contribution in [0.5, 0.6) is 0 Å². The number of alkyl carbamates (subject to hydrolysis) is 1. The molecule has 0 saturated heterocycles. The third kappa shape index (κ3) is 10.5. The molecule has 0 aliphatic rings. The molecule has 1 amide bonds. The van der Waals surface area contributed by atoms with E-state index in [4.69, 9.17) is 4.74 Å². The molecule has 220 valence electrons. The number of aliphatic hydroxyl groups excluding tert-OH is 1. The van der Waals surface area contributed by atoms with Gasteiger partial charge in [0, 0.05) is 25.2 Å². The lowest BCUT2D eigenvalue weighted by Gasteiger charge is -2.37. The lowest BCUT2D eigenvalue weighted by molar-refractivity contribution is 0.0234. The smallest absolute Gasteiger partial charge is 0.407 e. The van der Waals surface area contributed by atoms with Crippen LogP contribution in [0.25, 0.3) is 0 Å². The summed E-state index contributed by atoms with van der Waals surface area (Å²) in [6.07, 6.45) is 0.451. The van der Waals surface area contributed by atoms with Gasteiger partial charge in [-0.15, -0.1) is 0 Å². The highest BCUT2D eigenvalue weighted by atomic mass is 16.6. The van der Waals surface area contributed by atoms with Crippen LogP contribution in [0.15, 0.2) is 121 Å². The second kappa shape index (κ2) is 15.3. The van der Waals surface area contributed by atoms with Crippen LogP contribution < -0.4 is 5.32 Å². The zero-order chi connectivity index (χ0) is 29.8. The number of nitrogens with zero attached hydrogens (tertiary/aromatic N) is 1. The fraction of sp³-hybridized carbons (Fsp3) is 0.324. The van der Waals surface area contributed by atoms with E-state index >= 15 is 0 Å². The topological polar surface area (TPSA) is 61.8 Å². The summed E-state index contributed by atoms with van der Waals surface area (Å²) in [5.41, 5.74) is 4.01. The van der Waals surface area contributed by atoms with Crippen molar-refractivity contribution in [2.75, 3.05) is 0 Å². The van der Waals surface area contributed by atoms with Crippen molar-refractivity contribution in [1.29, 1.82) is 0 Å².